The van der Waals surface area contributed by atoms with Crippen molar-refractivity contribution in [1.82, 2.24) is 4.90 Å². The number of carbonyl (C=O) groups excluding carboxylic acids is 3. The second kappa shape index (κ2) is 12.8. The van der Waals surface area contributed by atoms with Gasteiger partial charge in [0.05, 0.1) is 25.3 Å². The number of benzene rings is 2. The molecule has 0 aliphatic heterocycles. The molecule has 0 unspecified atom stereocenters. The highest BCUT2D eigenvalue weighted by atomic mass is 16.5. The van der Waals surface area contributed by atoms with Crippen molar-refractivity contribution in [2.45, 2.75) is 66.0 Å². The van der Waals surface area contributed by atoms with Crippen molar-refractivity contribution in [2.24, 2.45) is 0 Å². The van der Waals surface area contributed by atoms with Gasteiger partial charge in [0.15, 0.2) is 0 Å². The number of esters is 2. The predicted molar refractivity (Wildman–Crippen MR) is 128 cm³/mol. The minimum atomic E-state index is -0.371. The predicted octanol–water partition coefficient (Wildman–Crippen LogP) is 5.38. The molecule has 0 aromatic heterocycles. The third kappa shape index (κ3) is 7.45. The van der Waals surface area contributed by atoms with Crippen LogP contribution >= 0.6 is 0 Å². The second-order valence-corrected chi connectivity index (χ2v) is 8.34. The number of ether oxygens (including phenoxy) is 2. The largest absolute Gasteiger partial charge is 0.465 e. The van der Waals surface area contributed by atoms with E-state index < -0.39 is 0 Å². The van der Waals surface area contributed by atoms with Gasteiger partial charge in [-0.25, -0.2) is 9.59 Å². The summed E-state index contributed by atoms with van der Waals surface area (Å²) in [6, 6.07) is 11.1. The number of rotatable bonds is 11. The monoisotopic (exact) mass is 453 g/mol. The van der Waals surface area contributed by atoms with Crippen LogP contribution in [0.25, 0.3) is 0 Å². The summed E-state index contributed by atoms with van der Waals surface area (Å²) in [5, 5.41) is 0. The molecular weight excluding hydrogens is 418 g/mol. The lowest BCUT2D eigenvalue weighted by Gasteiger charge is -2.24. The van der Waals surface area contributed by atoms with E-state index in [9.17, 15) is 14.4 Å². The van der Waals surface area contributed by atoms with Crippen molar-refractivity contribution in [3.63, 3.8) is 0 Å². The SMILES string of the molecule is CCCCCCC(=O)N(Cc1ccc(C(=O)OC)c(C)c1)Cc1ccc(C(=O)OC)c(C)c1. The summed E-state index contributed by atoms with van der Waals surface area (Å²) in [4.78, 5) is 38.7. The molecule has 0 radical (unpaired) electrons. The molecule has 33 heavy (non-hydrogen) atoms. The average Bonchev–Trinajstić information content (AvgIpc) is 2.80. The van der Waals surface area contributed by atoms with E-state index in [4.69, 9.17) is 9.47 Å². The van der Waals surface area contributed by atoms with Gasteiger partial charge in [-0.2, -0.15) is 0 Å². The molecule has 2 aromatic rings. The van der Waals surface area contributed by atoms with E-state index in [1.165, 1.54) is 14.2 Å². The van der Waals surface area contributed by atoms with Gasteiger partial charge in [-0.15, -0.1) is 0 Å². The molecule has 6 heteroatoms. The maximum Gasteiger partial charge on any atom is 0.338 e. The summed E-state index contributed by atoms with van der Waals surface area (Å²) >= 11 is 0. The molecule has 0 aliphatic rings. The zero-order valence-electron chi connectivity index (χ0n) is 20.4. The highest BCUT2D eigenvalue weighted by Crippen LogP contribution is 2.19. The summed E-state index contributed by atoms with van der Waals surface area (Å²) < 4.78 is 9.66. The maximum absolute atomic E-state index is 13.1. The summed E-state index contributed by atoms with van der Waals surface area (Å²) in [5.74, 6) is -0.649. The first-order chi connectivity index (χ1) is 15.8. The summed E-state index contributed by atoms with van der Waals surface area (Å²) in [6.45, 7) is 6.75. The molecule has 6 nitrogen and oxygen atoms in total. The second-order valence-electron chi connectivity index (χ2n) is 8.34. The van der Waals surface area contributed by atoms with E-state index in [2.05, 4.69) is 6.92 Å². The van der Waals surface area contributed by atoms with Gasteiger partial charge in [0.1, 0.15) is 0 Å². The standard InChI is InChI=1S/C27H35NO5/c1-6-7-8-9-10-25(29)28(17-21-11-13-23(19(2)15-21)26(30)32-4)18-22-12-14-24(20(3)16-22)27(31)33-5/h11-16H,6-10,17-18H2,1-5H3. The number of unbranched alkanes of at least 4 members (excludes halogenated alkanes) is 3. The Morgan fingerprint density at radius 2 is 1.24 bits per heavy atom. The molecule has 0 aliphatic carbocycles. The molecule has 0 atom stereocenters. The summed E-state index contributed by atoms with van der Waals surface area (Å²) in [7, 11) is 2.73. The molecule has 0 spiro atoms. The number of hydrogen-bond donors (Lipinski definition) is 0. The van der Waals surface area contributed by atoms with Gasteiger partial charge in [-0.05, 0) is 54.7 Å². The van der Waals surface area contributed by atoms with Crippen LogP contribution in [0.2, 0.25) is 0 Å². The lowest BCUT2D eigenvalue weighted by molar-refractivity contribution is -0.132. The lowest BCUT2D eigenvalue weighted by Crippen LogP contribution is -2.30. The fraction of sp³-hybridized carbons (Fsp3) is 0.444. The Bertz CT molecular complexity index is 915. The van der Waals surface area contributed by atoms with Gasteiger partial charge in [-0.1, -0.05) is 50.5 Å². The van der Waals surface area contributed by atoms with Crippen LogP contribution < -0.4 is 0 Å². The fourth-order valence-corrected chi connectivity index (χ4v) is 3.86. The van der Waals surface area contributed by atoms with E-state index in [1.54, 1.807) is 12.1 Å². The van der Waals surface area contributed by atoms with Crippen LogP contribution in [0.4, 0.5) is 0 Å². The van der Waals surface area contributed by atoms with Gasteiger partial charge in [0, 0.05) is 19.5 Å². The topological polar surface area (TPSA) is 72.9 Å². The van der Waals surface area contributed by atoms with Crippen molar-refractivity contribution in [2.75, 3.05) is 14.2 Å². The highest BCUT2D eigenvalue weighted by Gasteiger charge is 2.17. The molecule has 178 valence electrons. The maximum atomic E-state index is 13.1. The first-order valence-corrected chi connectivity index (χ1v) is 11.4. The number of methoxy groups -OCH3 is 2. The Morgan fingerprint density at radius 1 is 0.758 bits per heavy atom. The fourth-order valence-electron chi connectivity index (χ4n) is 3.86. The number of aryl methyl sites for hydroxylation is 2. The van der Waals surface area contributed by atoms with Gasteiger partial charge in [-0.3, -0.25) is 4.79 Å². The molecule has 1 amide bonds. The minimum absolute atomic E-state index is 0.0931. The van der Waals surface area contributed by atoms with E-state index in [1.807, 2.05) is 43.0 Å². The van der Waals surface area contributed by atoms with Gasteiger partial charge in [0.25, 0.3) is 0 Å². The Morgan fingerprint density at radius 3 is 1.64 bits per heavy atom. The normalized spacial score (nSPS) is 10.6. The Kier molecular flexibility index (Phi) is 10.1. The van der Waals surface area contributed by atoms with E-state index >= 15 is 0 Å². The molecule has 2 aromatic carbocycles. The molecule has 0 fully saturated rings. The third-order valence-corrected chi connectivity index (χ3v) is 5.74. The van der Waals surface area contributed by atoms with Crippen LogP contribution in [0.5, 0.6) is 0 Å². The van der Waals surface area contributed by atoms with Gasteiger partial charge >= 0.3 is 11.9 Å². The van der Waals surface area contributed by atoms with Crippen LogP contribution in [0.15, 0.2) is 36.4 Å². The molecule has 0 bridgehead atoms. The molecule has 0 saturated heterocycles. The van der Waals surface area contributed by atoms with Crippen LogP contribution in [0, 0.1) is 13.8 Å². The summed E-state index contributed by atoms with van der Waals surface area (Å²) in [5.41, 5.74) is 4.57. The van der Waals surface area contributed by atoms with Gasteiger partial charge in [0.2, 0.25) is 5.91 Å². The van der Waals surface area contributed by atoms with Gasteiger partial charge < -0.3 is 14.4 Å². The summed E-state index contributed by atoms with van der Waals surface area (Å²) in [6.07, 6.45) is 4.64. The van der Waals surface area contributed by atoms with Crippen LogP contribution in [0.3, 0.4) is 0 Å². The van der Waals surface area contributed by atoms with Crippen molar-refractivity contribution in [3.8, 4) is 0 Å². The zero-order chi connectivity index (χ0) is 24.4. The van der Waals surface area contributed by atoms with Crippen LogP contribution in [-0.4, -0.2) is 37.0 Å². The van der Waals surface area contributed by atoms with Crippen LogP contribution in [-0.2, 0) is 27.4 Å². The third-order valence-electron chi connectivity index (χ3n) is 5.74. The number of amides is 1. The quantitative estimate of drug-likeness (QED) is 0.338. The number of nitrogens with zero attached hydrogens (tertiary/aromatic N) is 1. The smallest absolute Gasteiger partial charge is 0.338 e. The molecular formula is C27H35NO5. The molecule has 2 rings (SSSR count). The Balaban J connectivity index is 2.24. The average molecular weight is 454 g/mol. The number of carbonyl (C=O) groups is 3. The zero-order valence-corrected chi connectivity index (χ0v) is 20.4. The van der Waals surface area contributed by atoms with Crippen LogP contribution in [0.1, 0.15) is 82.0 Å². The first-order valence-electron chi connectivity index (χ1n) is 11.4. The molecule has 0 N–H and O–H groups in total. The van der Waals surface area contributed by atoms with Crippen molar-refractivity contribution in [1.29, 1.82) is 0 Å². The van der Waals surface area contributed by atoms with Crippen molar-refractivity contribution in [3.05, 3.63) is 69.8 Å². The minimum Gasteiger partial charge on any atom is -0.465 e. The molecule has 0 heterocycles. The van der Waals surface area contributed by atoms with E-state index in [0.717, 1.165) is 47.9 Å². The van der Waals surface area contributed by atoms with E-state index in [0.29, 0.717) is 30.6 Å². The molecule has 0 saturated carbocycles. The highest BCUT2D eigenvalue weighted by molar-refractivity contribution is 5.91. The Hall–Kier alpha value is -3.15. The number of hydrogen-bond acceptors (Lipinski definition) is 5. The van der Waals surface area contributed by atoms with Crippen molar-refractivity contribution >= 4 is 17.8 Å². The first kappa shape index (κ1) is 26.1. The van der Waals surface area contributed by atoms with Crippen molar-refractivity contribution < 1.29 is 23.9 Å². The lowest BCUT2D eigenvalue weighted by atomic mass is 10.0. The Labute approximate surface area is 196 Å². The van der Waals surface area contributed by atoms with E-state index in [-0.39, 0.29) is 17.8 Å².